The minimum Gasteiger partial charge on any atom is -0.428 e. The van der Waals surface area contributed by atoms with Crippen molar-refractivity contribution in [1.82, 2.24) is 0 Å². The highest BCUT2D eigenvalue weighted by Crippen LogP contribution is 2.13. The second kappa shape index (κ2) is 3.56. The summed E-state index contributed by atoms with van der Waals surface area (Å²) in [6.45, 7) is 0. The van der Waals surface area contributed by atoms with Gasteiger partial charge in [0.05, 0.1) is 0 Å². The van der Waals surface area contributed by atoms with Crippen molar-refractivity contribution in [2.45, 2.75) is 0 Å². The highest BCUT2D eigenvalue weighted by molar-refractivity contribution is 14.1. The van der Waals surface area contributed by atoms with E-state index in [1.165, 1.54) is 0 Å². The van der Waals surface area contributed by atoms with Gasteiger partial charge in [-0.05, 0) is 24.3 Å². The third-order valence-electron chi connectivity index (χ3n) is 1.25. The quantitative estimate of drug-likeness (QED) is 0.484. The molecular weight excluding hydrogens is 255 g/mol. The van der Waals surface area contributed by atoms with E-state index in [9.17, 15) is 0 Å². The van der Waals surface area contributed by atoms with Crippen molar-refractivity contribution >= 4 is 28.8 Å². The molecule has 0 radical (unpaired) electrons. The van der Waals surface area contributed by atoms with Gasteiger partial charge in [0.25, 0.3) is 0 Å². The summed E-state index contributed by atoms with van der Waals surface area (Å²) in [5.41, 5.74) is 5.96. The summed E-state index contributed by atoms with van der Waals surface area (Å²) in [6.07, 6.45) is 0. The van der Waals surface area contributed by atoms with E-state index in [0.717, 1.165) is 5.75 Å². The molecule has 0 aliphatic heterocycles. The number of hydrogen-bond donors (Lipinski definition) is 2. The summed E-state index contributed by atoms with van der Waals surface area (Å²) in [7, 11) is 0. The molecule has 0 fully saturated rings. The molecule has 11 heavy (non-hydrogen) atoms. The van der Waals surface area contributed by atoms with Crippen LogP contribution in [0.3, 0.4) is 0 Å². The van der Waals surface area contributed by atoms with Crippen LogP contribution < -0.4 is 8.80 Å². The standard InChI is InChI=1S/C7H7IN2O/c8-11-6-3-1-5(2-4-6)7(9)10/h1-4H,(H3,9,10). The van der Waals surface area contributed by atoms with Crippen LogP contribution in [0.1, 0.15) is 5.56 Å². The fourth-order valence-corrected chi connectivity index (χ4v) is 0.980. The summed E-state index contributed by atoms with van der Waals surface area (Å²) < 4.78 is 4.91. The highest BCUT2D eigenvalue weighted by atomic mass is 127. The van der Waals surface area contributed by atoms with Crippen molar-refractivity contribution in [3.05, 3.63) is 29.8 Å². The van der Waals surface area contributed by atoms with Gasteiger partial charge in [0.1, 0.15) is 11.6 Å². The van der Waals surface area contributed by atoms with Crippen LogP contribution in [0.25, 0.3) is 0 Å². The van der Waals surface area contributed by atoms with Crippen molar-refractivity contribution in [2.75, 3.05) is 0 Å². The Hall–Kier alpha value is -0.780. The van der Waals surface area contributed by atoms with Crippen LogP contribution >= 0.6 is 23.0 Å². The van der Waals surface area contributed by atoms with Crippen LogP contribution in [0.15, 0.2) is 24.3 Å². The first-order chi connectivity index (χ1) is 5.24. The number of nitrogens with one attached hydrogen (secondary N) is 1. The number of nitrogens with two attached hydrogens (primary N) is 1. The van der Waals surface area contributed by atoms with E-state index >= 15 is 0 Å². The van der Waals surface area contributed by atoms with Crippen LogP contribution in [-0.4, -0.2) is 5.84 Å². The lowest BCUT2D eigenvalue weighted by molar-refractivity contribution is 0.717. The minimum absolute atomic E-state index is 0.0741. The van der Waals surface area contributed by atoms with Gasteiger partial charge in [-0.25, -0.2) is 0 Å². The Morgan fingerprint density at radius 1 is 1.36 bits per heavy atom. The van der Waals surface area contributed by atoms with Gasteiger partial charge in [0.15, 0.2) is 23.0 Å². The SMILES string of the molecule is N=C(N)c1ccc(OI)cc1. The zero-order valence-corrected chi connectivity index (χ0v) is 7.83. The lowest BCUT2D eigenvalue weighted by Gasteiger charge is -1.98. The van der Waals surface area contributed by atoms with E-state index in [1.807, 2.05) is 0 Å². The van der Waals surface area contributed by atoms with Gasteiger partial charge < -0.3 is 8.80 Å². The zero-order chi connectivity index (χ0) is 8.27. The average Bonchev–Trinajstić information content (AvgIpc) is 2.05. The van der Waals surface area contributed by atoms with Crippen LogP contribution in [-0.2, 0) is 0 Å². The van der Waals surface area contributed by atoms with E-state index in [-0.39, 0.29) is 5.84 Å². The van der Waals surface area contributed by atoms with Crippen LogP contribution in [0.5, 0.6) is 5.75 Å². The number of benzene rings is 1. The molecule has 0 unspecified atom stereocenters. The van der Waals surface area contributed by atoms with Gasteiger partial charge >= 0.3 is 0 Å². The van der Waals surface area contributed by atoms with E-state index in [2.05, 4.69) is 0 Å². The Morgan fingerprint density at radius 3 is 2.27 bits per heavy atom. The normalized spacial score (nSPS) is 9.18. The van der Waals surface area contributed by atoms with E-state index in [0.29, 0.717) is 5.56 Å². The second-order valence-electron chi connectivity index (χ2n) is 2.02. The van der Waals surface area contributed by atoms with Crippen molar-refractivity contribution in [3.63, 3.8) is 0 Å². The first-order valence-electron chi connectivity index (χ1n) is 2.97. The maximum atomic E-state index is 7.10. The van der Waals surface area contributed by atoms with Crippen molar-refractivity contribution < 1.29 is 3.07 Å². The summed E-state index contributed by atoms with van der Waals surface area (Å²) >= 11 is 1.80. The molecule has 0 aliphatic carbocycles. The average molecular weight is 262 g/mol. The van der Waals surface area contributed by atoms with Gasteiger partial charge in [-0.2, -0.15) is 0 Å². The summed E-state index contributed by atoms with van der Waals surface area (Å²) in [5, 5.41) is 7.10. The lowest BCUT2D eigenvalue weighted by atomic mass is 10.2. The predicted molar refractivity (Wildman–Crippen MR) is 52.1 cm³/mol. The van der Waals surface area contributed by atoms with Gasteiger partial charge in [0.2, 0.25) is 0 Å². The molecule has 1 rings (SSSR count). The maximum Gasteiger partial charge on any atom is 0.192 e. The molecule has 3 N–H and O–H groups in total. The van der Waals surface area contributed by atoms with E-state index in [4.69, 9.17) is 14.2 Å². The Balaban J connectivity index is 2.91. The van der Waals surface area contributed by atoms with Gasteiger partial charge in [0, 0.05) is 5.56 Å². The number of halogens is 1. The monoisotopic (exact) mass is 262 g/mol. The summed E-state index contributed by atoms with van der Waals surface area (Å²) in [6, 6.07) is 7.03. The Kier molecular flexibility index (Phi) is 2.70. The molecule has 0 saturated carbocycles. The lowest BCUT2D eigenvalue weighted by Crippen LogP contribution is -2.10. The predicted octanol–water partition coefficient (Wildman–Crippen LogP) is 1.70. The number of rotatable bonds is 2. The molecule has 1 aromatic rings. The minimum atomic E-state index is 0.0741. The van der Waals surface area contributed by atoms with Crippen molar-refractivity contribution in [2.24, 2.45) is 5.73 Å². The Labute approximate surface area is 78.7 Å². The highest BCUT2D eigenvalue weighted by Gasteiger charge is 1.95. The summed E-state index contributed by atoms with van der Waals surface area (Å²) in [5.74, 6) is 0.834. The van der Waals surface area contributed by atoms with Crippen LogP contribution in [0, 0.1) is 5.41 Å². The molecule has 0 bridgehead atoms. The van der Waals surface area contributed by atoms with Crippen LogP contribution in [0.2, 0.25) is 0 Å². The number of amidine groups is 1. The van der Waals surface area contributed by atoms with Gasteiger partial charge in [-0.1, -0.05) is 0 Å². The fraction of sp³-hybridized carbons (Fsp3) is 0. The topological polar surface area (TPSA) is 59.1 Å². The fourth-order valence-electron chi connectivity index (χ4n) is 0.686. The second-order valence-corrected chi connectivity index (χ2v) is 2.46. The molecule has 0 aromatic heterocycles. The molecule has 0 aliphatic rings. The molecular formula is C7H7IN2O. The van der Waals surface area contributed by atoms with Crippen molar-refractivity contribution in [1.29, 1.82) is 5.41 Å². The van der Waals surface area contributed by atoms with Crippen LogP contribution in [0.4, 0.5) is 0 Å². The molecule has 3 nitrogen and oxygen atoms in total. The van der Waals surface area contributed by atoms with E-state index < -0.39 is 0 Å². The molecule has 1 aromatic carbocycles. The first kappa shape index (κ1) is 8.32. The third kappa shape index (κ3) is 2.07. The molecule has 58 valence electrons. The number of hydrogen-bond acceptors (Lipinski definition) is 2. The third-order valence-corrected chi connectivity index (χ3v) is 1.76. The molecule has 4 heteroatoms. The van der Waals surface area contributed by atoms with Gasteiger partial charge in [-0.15, -0.1) is 0 Å². The molecule has 0 saturated heterocycles. The van der Waals surface area contributed by atoms with Gasteiger partial charge in [-0.3, -0.25) is 5.41 Å². The zero-order valence-electron chi connectivity index (χ0n) is 5.67. The largest absolute Gasteiger partial charge is 0.428 e. The maximum absolute atomic E-state index is 7.10. The van der Waals surface area contributed by atoms with Crippen molar-refractivity contribution in [3.8, 4) is 5.75 Å². The molecule has 0 heterocycles. The number of nitrogen functional groups attached to an aromatic ring is 1. The smallest absolute Gasteiger partial charge is 0.192 e. The first-order valence-corrected chi connectivity index (χ1v) is 3.85. The summed E-state index contributed by atoms with van der Waals surface area (Å²) in [4.78, 5) is 0. The molecule has 0 amide bonds. The Morgan fingerprint density at radius 2 is 1.91 bits per heavy atom. The molecule has 0 spiro atoms. The van der Waals surface area contributed by atoms with E-state index in [1.54, 1.807) is 47.3 Å². The molecule has 0 atom stereocenters. The Bertz CT molecular complexity index is 258.